The molecule has 27 heavy (non-hydrogen) atoms. The Bertz CT molecular complexity index is 768. The number of carbonyl (C=O) groups is 1. The van der Waals surface area contributed by atoms with Crippen molar-refractivity contribution in [1.82, 2.24) is 9.21 Å². The minimum atomic E-state index is -3.69. The summed E-state index contributed by atoms with van der Waals surface area (Å²) >= 11 is 0. The Morgan fingerprint density at radius 1 is 1.19 bits per heavy atom. The second-order valence-electron chi connectivity index (χ2n) is 7.72. The first-order valence-corrected chi connectivity index (χ1v) is 11.1. The van der Waals surface area contributed by atoms with Crippen molar-refractivity contribution in [1.29, 1.82) is 0 Å². The number of piperidine rings is 1. The van der Waals surface area contributed by atoms with Crippen molar-refractivity contribution in [2.75, 3.05) is 32.7 Å². The zero-order valence-electron chi connectivity index (χ0n) is 16.0. The number of hydrogen-bond donors (Lipinski definition) is 1. The molecule has 1 aromatic carbocycles. The molecule has 1 amide bonds. The molecule has 0 aliphatic carbocycles. The molecule has 0 radical (unpaired) electrons. The van der Waals surface area contributed by atoms with Gasteiger partial charge in [-0.25, -0.2) is 12.8 Å². The van der Waals surface area contributed by atoms with Crippen LogP contribution in [0.4, 0.5) is 4.39 Å². The minimum Gasteiger partial charge on any atom is -0.332 e. The summed E-state index contributed by atoms with van der Waals surface area (Å²) in [6, 6.07) is 5.65. The molecule has 2 aliphatic rings. The topological polar surface area (TPSA) is 62.1 Å². The number of quaternary nitrogens is 1. The molecule has 2 heterocycles. The van der Waals surface area contributed by atoms with Gasteiger partial charge in [0.25, 0.3) is 5.91 Å². The Labute approximate surface area is 161 Å². The summed E-state index contributed by atoms with van der Waals surface area (Å²) in [5.74, 6) is -0.401. The first-order chi connectivity index (χ1) is 12.8. The molecular weight excluding hydrogens is 369 g/mol. The van der Waals surface area contributed by atoms with Gasteiger partial charge in [0, 0.05) is 12.1 Å². The molecule has 2 fully saturated rings. The van der Waals surface area contributed by atoms with E-state index in [2.05, 4.69) is 13.8 Å². The summed E-state index contributed by atoms with van der Waals surface area (Å²) in [7, 11) is -3.69. The number of carbonyl (C=O) groups excluding carboxylic acids is 1. The van der Waals surface area contributed by atoms with Gasteiger partial charge in [-0.3, -0.25) is 4.79 Å². The number of nitrogens with zero attached hydrogens (tertiary/aromatic N) is 2. The largest absolute Gasteiger partial charge is 0.332 e. The predicted octanol–water partition coefficient (Wildman–Crippen LogP) is 0.504. The van der Waals surface area contributed by atoms with Crippen LogP contribution in [0.3, 0.4) is 0 Å². The van der Waals surface area contributed by atoms with Crippen molar-refractivity contribution in [3.63, 3.8) is 0 Å². The number of amides is 1. The Morgan fingerprint density at radius 3 is 2.41 bits per heavy atom. The highest BCUT2D eigenvalue weighted by Gasteiger charge is 2.34. The zero-order chi connectivity index (χ0) is 19.6. The first-order valence-electron chi connectivity index (χ1n) is 9.69. The van der Waals surface area contributed by atoms with E-state index in [1.54, 1.807) is 0 Å². The van der Waals surface area contributed by atoms with E-state index >= 15 is 0 Å². The van der Waals surface area contributed by atoms with Crippen LogP contribution in [0.5, 0.6) is 0 Å². The van der Waals surface area contributed by atoms with Crippen LogP contribution in [-0.4, -0.2) is 68.3 Å². The van der Waals surface area contributed by atoms with E-state index in [-0.39, 0.29) is 22.9 Å². The highest BCUT2D eigenvalue weighted by atomic mass is 32.2. The smallest absolute Gasteiger partial charge is 0.278 e. The van der Waals surface area contributed by atoms with Crippen LogP contribution in [0.2, 0.25) is 0 Å². The van der Waals surface area contributed by atoms with Crippen LogP contribution in [0.1, 0.15) is 33.1 Å². The maximum atomic E-state index is 13.4. The van der Waals surface area contributed by atoms with E-state index < -0.39 is 15.8 Å². The normalized spacial score (nSPS) is 25.5. The number of rotatable bonds is 4. The van der Waals surface area contributed by atoms with Crippen LogP contribution >= 0.6 is 0 Å². The lowest BCUT2D eigenvalue weighted by Crippen LogP contribution is -3.15. The van der Waals surface area contributed by atoms with E-state index in [9.17, 15) is 17.6 Å². The van der Waals surface area contributed by atoms with E-state index in [0.29, 0.717) is 32.7 Å². The molecule has 8 heteroatoms. The molecule has 0 saturated carbocycles. The van der Waals surface area contributed by atoms with Crippen LogP contribution in [0.25, 0.3) is 0 Å². The Balaban J connectivity index is 1.58. The van der Waals surface area contributed by atoms with E-state index in [1.165, 1.54) is 22.5 Å². The van der Waals surface area contributed by atoms with E-state index in [0.717, 1.165) is 30.2 Å². The number of sulfonamides is 1. The third-order valence-corrected chi connectivity index (χ3v) is 7.64. The standard InChI is InChI=1S/C19H28FN3O3S/c1-15-5-3-6-16(2)23(15)19(24)14-21-9-11-22(12-10-21)27(25,26)18-8-4-7-17(20)13-18/h4,7-8,13,15-16H,3,5-6,9-12,14H2,1-2H3/p+1/t15-,16+. The summed E-state index contributed by atoms with van der Waals surface area (Å²) in [4.78, 5) is 15.9. The summed E-state index contributed by atoms with van der Waals surface area (Å²) in [5, 5.41) is 0. The van der Waals surface area contributed by atoms with Crippen molar-refractivity contribution in [2.45, 2.75) is 50.1 Å². The molecular formula is C19H29FN3O3S+. The Morgan fingerprint density at radius 2 is 1.81 bits per heavy atom. The van der Waals surface area contributed by atoms with Crippen LogP contribution in [-0.2, 0) is 14.8 Å². The van der Waals surface area contributed by atoms with Gasteiger partial charge in [-0.2, -0.15) is 4.31 Å². The van der Waals surface area contributed by atoms with Gasteiger partial charge in [0.1, 0.15) is 5.82 Å². The second kappa shape index (κ2) is 8.24. The van der Waals surface area contributed by atoms with Gasteiger partial charge < -0.3 is 9.80 Å². The van der Waals surface area contributed by atoms with Crippen molar-refractivity contribution in [3.05, 3.63) is 30.1 Å². The maximum absolute atomic E-state index is 13.4. The predicted molar refractivity (Wildman–Crippen MR) is 100 cm³/mol. The van der Waals surface area contributed by atoms with Gasteiger partial charge in [-0.1, -0.05) is 6.07 Å². The van der Waals surface area contributed by atoms with Crippen molar-refractivity contribution in [2.24, 2.45) is 0 Å². The fraction of sp³-hybridized carbons (Fsp3) is 0.632. The molecule has 3 rings (SSSR count). The second-order valence-corrected chi connectivity index (χ2v) is 9.66. The Hall–Kier alpha value is -1.51. The SMILES string of the molecule is C[C@@H]1CCC[C@H](C)N1C(=O)C[NH+]1CCN(S(=O)(=O)c2cccc(F)c2)CC1. The zero-order valence-corrected chi connectivity index (χ0v) is 16.8. The molecule has 2 saturated heterocycles. The fourth-order valence-electron chi connectivity index (χ4n) is 4.21. The number of piperazine rings is 1. The summed E-state index contributed by atoms with van der Waals surface area (Å²) in [6.45, 7) is 6.45. The van der Waals surface area contributed by atoms with Gasteiger partial charge in [0.05, 0.1) is 31.1 Å². The molecule has 0 bridgehead atoms. The minimum absolute atomic E-state index is 0.0157. The number of likely N-dealkylation sites (tertiary alicyclic amines) is 1. The fourth-order valence-corrected chi connectivity index (χ4v) is 5.69. The molecule has 1 N–H and O–H groups in total. The number of nitrogens with one attached hydrogen (secondary N) is 1. The average molecular weight is 399 g/mol. The molecule has 6 nitrogen and oxygen atoms in total. The van der Waals surface area contributed by atoms with Crippen LogP contribution in [0, 0.1) is 5.82 Å². The average Bonchev–Trinajstić information content (AvgIpc) is 2.62. The molecule has 0 unspecified atom stereocenters. The van der Waals surface area contributed by atoms with Crippen molar-refractivity contribution in [3.8, 4) is 0 Å². The van der Waals surface area contributed by atoms with Gasteiger partial charge in [-0.05, 0) is 51.3 Å². The van der Waals surface area contributed by atoms with Gasteiger partial charge in [0.15, 0.2) is 6.54 Å². The first kappa shape index (κ1) is 20.2. The van der Waals surface area contributed by atoms with E-state index in [1.807, 2.05) is 4.90 Å². The van der Waals surface area contributed by atoms with Crippen molar-refractivity contribution < 1.29 is 22.5 Å². The van der Waals surface area contributed by atoms with Crippen LogP contribution in [0.15, 0.2) is 29.2 Å². The quantitative estimate of drug-likeness (QED) is 0.804. The lowest BCUT2D eigenvalue weighted by molar-refractivity contribution is -0.896. The van der Waals surface area contributed by atoms with Crippen LogP contribution < -0.4 is 4.90 Å². The maximum Gasteiger partial charge on any atom is 0.278 e. The van der Waals surface area contributed by atoms with Gasteiger partial charge in [-0.15, -0.1) is 0 Å². The Kier molecular flexibility index (Phi) is 6.18. The third-order valence-electron chi connectivity index (χ3n) is 5.75. The van der Waals surface area contributed by atoms with Crippen molar-refractivity contribution >= 4 is 15.9 Å². The van der Waals surface area contributed by atoms with E-state index in [4.69, 9.17) is 0 Å². The summed E-state index contributed by atoms with van der Waals surface area (Å²) < 4.78 is 40.1. The molecule has 150 valence electrons. The highest BCUT2D eigenvalue weighted by molar-refractivity contribution is 7.89. The monoisotopic (exact) mass is 398 g/mol. The number of halogens is 1. The molecule has 2 atom stereocenters. The van der Waals surface area contributed by atoms with Gasteiger partial charge in [0.2, 0.25) is 10.0 Å². The summed E-state index contributed by atoms with van der Waals surface area (Å²) in [6.07, 6.45) is 3.26. The molecule has 0 aromatic heterocycles. The van der Waals surface area contributed by atoms with Gasteiger partial charge >= 0.3 is 0 Å². The molecule has 0 spiro atoms. The summed E-state index contributed by atoms with van der Waals surface area (Å²) in [5.41, 5.74) is 0. The third kappa shape index (κ3) is 4.50. The number of hydrogen-bond acceptors (Lipinski definition) is 3. The molecule has 2 aliphatic heterocycles. The highest BCUT2D eigenvalue weighted by Crippen LogP contribution is 2.22. The lowest BCUT2D eigenvalue weighted by Gasteiger charge is -2.40. The number of benzene rings is 1. The lowest BCUT2D eigenvalue weighted by atomic mass is 9.97. The molecule has 1 aromatic rings.